The third-order valence-electron chi connectivity index (χ3n) is 4.85. The minimum absolute atomic E-state index is 0.725. The van der Waals surface area contributed by atoms with E-state index < -0.39 is 0 Å². The lowest BCUT2D eigenvalue weighted by atomic mass is 10.0. The molecule has 0 aromatic rings. The van der Waals surface area contributed by atoms with Crippen LogP contribution in [0.4, 0.5) is 0 Å². The van der Waals surface area contributed by atoms with Crippen LogP contribution < -0.4 is 0 Å². The summed E-state index contributed by atoms with van der Waals surface area (Å²) in [5.74, 6) is 0. The van der Waals surface area contributed by atoms with E-state index in [0.717, 1.165) is 16.4 Å². The zero-order valence-corrected chi connectivity index (χ0v) is 18.1. The van der Waals surface area contributed by atoms with Gasteiger partial charge in [-0.05, 0) is 12.5 Å². The minimum Gasteiger partial charge on any atom is -0.417 e. The normalized spacial score (nSPS) is 11.2. The quantitative estimate of drug-likeness (QED) is 0.149. The Morgan fingerprint density at radius 1 is 0.458 bits per heavy atom. The van der Waals surface area contributed by atoms with Gasteiger partial charge in [0, 0.05) is 6.61 Å². The zero-order valence-electron chi connectivity index (χ0n) is 17.1. The molecular weight excluding hydrogens is 308 g/mol. The van der Waals surface area contributed by atoms with Crippen LogP contribution in [0.1, 0.15) is 129 Å². The molecule has 0 spiro atoms. The minimum atomic E-state index is 0.725. The van der Waals surface area contributed by atoms with Crippen LogP contribution in [-0.4, -0.2) is 16.4 Å². The van der Waals surface area contributed by atoms with Gasteiger partial charge in [-0.1, -0.05) is 123 Å². The fourth-order valence-electron chi connectivity index (χ4n) is 3.25. The van der Waals surface area contributed by atoms with Crippen LogP contribution in [0.25, 0.3) is 0 Å². The van der Waals surface area contributed by atoms with Gasteiger partial charge >= 0.3 is 0 Å². The molecule has 24 heavy (non-hydrogen) atoms. The van der Waals surface area contributed by atoms with Crippen LogP contribution in [0, 0.1) is 0 Å². The van der Waals surface area contributed by atoms with Gasteiger partial charge in [-0.2, -0.15) is 0 Å². The van der Waals surface area contributed by atoms with Crippen molar-refractivity contribution in [3.05, 3.63) is 0 Å². The highest BCUT2D eigenvalue weighted by Crippen LogP contribution is 2.14. The third-order valence-corrected chi connectivity index (χ3v) is 5.54. The first-order chi connectivity index (χ1) is 11.9. The molecule has 0 unspecified atom stereocenters. The monoisotopic (exact) mass is 354 g/mol. The molecule has 0 fully saturated rings. The Hall–Kier alpha value is 0.177. The van der Waals surface area contributed by atoms with Gasteiger partial charge in [-0.3, -0.25) is 0 Å². The molecule has 0 N–H and O–H groups in total. The van der Waals surface area contributed by atoms with Crippen molar-refractivity contribution in [3.63, 3.8) is 0 Å². The topological polar surface area (TPSA) is 9.23 Å². The fraction of sp³-hybridized carbons (Fsp3) is 1.00. The molecule has 0 aliphatic heterocycles. The van der Waals surface area contributed by atoms with Gasteiger partial charge in [0.1, 0.15) is 0 Å². The highest BCUT2D eigenvalue weighted by atomic mass is 28.2. The summed E-state index contributed by atoms with van der Waals surface area (Å²) >= 11 is 0. The smallest absolute Gasteiger partial charge is 0.229 e. The fourth-order valence-corrected chi connectivity index (χ4v) is 3.74. The summed E-state index contributed by atoms with van der Waals surface area (Å²) in [6, 6.07) is 1.18. The maximum Gasteiger partial charge on any atom is 0.229 e. The van der Waals surface area contributed by atoms with Gasteiger partial charge in [0.15, 0.2) is 0 Å². The van der Waals surface area contributed by atoms with E-state index in [1.165, 1.54) is 122 Å². The van der Waals surface area contributed by atoms with E-state index in [1.54, 1.807) is 0 Å². The van der Waals surface area contributed by atoms with Gasteiger partial charge in [-0.25, -0.2) is 0 Å². The summed E-state index contributed by atoms with van der Waals surface area (Å²) in [6.45, 7) is 5.48. The summed E-state index contributed by atoms with van der Waals surface area (Å²) in [4.78, 5) is 0. The van der Waals surface area contributed by atoms with Crippen LogP contribution in [-0.2, 0) is 4.43 Å². The van der Waals surface area contributed by atoms with Crippen molar-refractivity contribution < 1.29 is 4.43 Å². The predicted molar refractivity (Wildman–Crippen MR) is 111 cm³/mol. The van der Waals surface area contributed by atoms with Crippen molar-refractivity contribution in [2.45, 2.75) is 135 Å². The summed E-state index contributed by atoms with van der Waals surface area (Å²) in [6.07, 6.45) is 26.0. The Kier molecular flexibility index (Phi) is 23.3. The molecule has 0 aromatic carbocycles. The Morgan fingerprint density at radius 3 is 1.12 bits per heavy atom. The SMILES string of the molecule is CCCCCCCCCCCCCCCCCCCCO[Si]CC. The molecule has 0 rings (SSSR count). The molecular formula is C22H46OSi. The molecule has 0 aliphatic rings. The molecule has 0 saturated heterocycles. The predicted octanol–water partition coefficient (Wildman–Crippen LogP) is 8.10. The van der Waals surface area contributed by atoms with Crippen molar-refractivity contribution in [1.29, 1.82) is 0 Å². The van der Waals surface area contributed by atoms with Crippen molar-refractivity contribution in [1.82, 2.24) is 0 Å². The number of hydrogen-bond donors (Lipinski definition) is 0. The van der Waals surface area contributed by atoms with Gasteiger partial charge in [-0.15, -0.1) is 0 Å². The van der Waals surface area contributed by atoms with Gasteiger partial charge in [0.2, 0.25) is 9.76 Å². The number of rotatable bonds is 21. The molecule has 0 aromatic heterocycles. The molecule has 0 aliphatic carbocycles. The maximum absolute atomic E-state index is 5.54. The Balaban J connectivity index is 2.93. The maximum atomic E-state index is 5.54. The second-order valence-corrected chi connectivity index (χ2v) is 8.64. The lowest BCUT2D eigenvalue weighted by molar-refractivity contribution is 0.320. The standard InChI is InChI=1S/C22H46OSi/c1-3-5-6-7-8-9-10-11-12-13-14-15-16-17-18-19-20-21-22-23-24-4-2/h3-22H2,1-2H3. The average molecular weight is 355 g/mol. The van der Waals surface area contributed by atoms with Crippen molar-refractivity contribution in [2.75, 3.05) is 6.61 Å². The van der Waals surface area contributed by atoms with Crippen LogP contribution in [0.2, 0.25) is 6.04 Å². The first kappa shape index (κ1) is 24.2. The van der Waals surface area contributed by atoms with Crippen LogP contribution in [0.15, 0.2) is 0 Å². The molecule has 0 saturated carbocycles. The summed E-state index contributed by atoms with van der Waals surface area (Å²) in [7, 11) is 0.725. The third kappa shape index (κ3) is 22.2. The second-order valence-electron chi connectivity index (χ2n) is 7.36. The first-order valence-corrected chi connectivity index (χ1v) is 12.4. The highest BCUT2D eigenvalue weighted by molar-refractivity contribution is 6.26. The van der Waals surface area contributed by atoms with E-state index in [2.05, 4.69) is 13.8 Å². The summed E-state index contributed by atoms with van der Waals surface area (Å²) in [5, 5.41) is 0. The van der Waals surface area contributed by atoms with Crippen molar-refractivity contribution >= 4 is 9.76 Å². The molecule has 0 heterocycles. The Labute approximate surface area is 156 Å². The number of hydrogen-bond acceptors (Lipinski definition) is 1. The van der Waals surface area contributed by atoms with Gasteiger partial charge in [0.05, 0.1) is 0 Å². The summed E-state index contributed by atoms with van der Waals surface area (Å²) in [5.41, 5.74) is 0. The first-order valence-electron chi connectivity index (χ1n) is 11.3. The molecule has 0 bridgehead atoms. The van der Waals surface area contributed by atoms with E-state index in [9.17, 15) is 0 Å². The number of unbranched alkanes of at least 4 members (excludes halogenated alkanes) is 17. The van der Waals surface area contributed by atoms with E-state index in [1.807, 2.05) is 0 Å². The summed E-state index contributed by atoms with van der Waals surface area (Å²) < 4.78 is 5.54. The van der Waals surface area contributed by atoms with Crippen LogP contribution in [0.5, 0.6) is 0 Å². The Morgan fingerprint density at radius 2 is 0.792 bits per heavy atom. The molecule has 0 amide bonds. The highest BCUT2D eigenvalue weighted by Gasteiger charge is 1.95. The largest absolute Gasteiger partial charge is 0.417 e. The van der Waals surface area contributed by atoms with Gasteiger partial charge < -0.3 is 4.43 Å². The second kappa shape index (κ2) is 23.2. The molecule has 2 radical (unpaired) electrons. The van der Waals surface area contributed by atoms with Crippen molar-refractivity contribution in [3.8, 4) is 0 Å². The lowest BCUT2D eigenvalue weighted by Gasteiger charge is -2.04. The lowest BCUT2D eigenvalue weighted by Crippen LogP contribution is -1.98. The Bertz CT molecular complexity index is 186. The van der Waals surface area contributed by atoms with E-state index in [4.69, 9.17) is 4.43 Å². The van der Waals surface area contributed by atoms with Gasteiger partial charge in [0.25, 0.3) is 0 Å². The average Bonchev–Trinajstić information content (AvgIpc) is 2.60. The molecule has 1 nitrogen and oxygen atoms in total. The zero-order chi connectivity index (χ0) is 17.6. The van der Waals surface area contributed by atoms with E-state index in [-0.39, 0.29) is 0 Å². The van der Waals surface area contributed by atoms with Crippen molar-refractivity contribution in [2.24, 2.45) is 0 Å². The van der Waals surface area contributed by atoms with Crippen LogP contribution in [0.3, 0.4) is 0 Å². The van der Waals surface area contributed by atoms with Crippen LogP contribution >= 0.6 is 0 Å². The van der Waals surface area contributed by atoms with E-state index >= 15 is 0 Å². The molecule has 0 atom stereocenters. The molecule has 2 heteroatoms. The molecule has 144 valence electrons. The van der Waals surface area contributed by atoms with E-state index in [0.29, 0.717) is 0 Å².